The molecule has 1 amide bonds. The van der Waals surface area contributed by atoms with Crippen molar-refractivity contribution >= 4 is 37.8 Å². The first-order chi connectivity index (χ1) is 8.10. The quantitative estimate of drug-likeness (QED) is 0.725. The predicted octanol–water partition coefficient (Wildman–Crippen LogP) is 3.84. The van der Waals surface area contributed by atoms with Gasteiger partial charge < -0.3 is 4.90 Å². The first-order valence-corrected chi connectivity index (χ1v) is 7.32. The minimum absolute atomic E-state index is 0.129. The molecule has 0 spiro atoms. The largest absolute Gasteiger partial charge is 0.339 e. The van der Waals surface area contributed by atoms with Crippen molar-refractivity contribution in [3.63, 3.8) is 0 Å². The highest BCUT2D eigenvalue weighted by Crippen LogP contribution is 2.17. The molecule has 1 aromatic rings. The predicted molar refractivity (Wildman–Crippen MR) is 74.1 cm³/mol. The second-order valence-electron chi connectivity index (χ2n) is 3.55. The van der Waals surface area contributed by atoms with E-state index in [0.29, 0.717) is 17.6 Å². The molecule has 5 heteroatoms. The van der Waals surface area contributed by atoms with E-state index < -0.39 is 5.82 Å². The van der Waals surface area contributed by atoms with Crippen molar-refractivity contribution in [1.29, 1.82) is 0 Å². The van der Waals surface area contributed by atoms with Gasteiger partial charge in [0.15, 0.2) is 0 Å². The maximum atomic E-state index is 13.6. The van der Waals surface area contributed by atoms with E-state index in [1.165, 1.54) is 12.1 Å². The number of carbonyl (C=O) groups excluding carboxylic acids is 1. The summed E-state index contributed by atoms with van der Waals surface area (Å²) >= 11 is 6.49. The lowest BCUT2D eigenvalue weighted by molar-refractivity contribution is 0.0760. The van der Waals surface area contributed by atoms with Crippen LogP contribution in [-0.2, 0) is 0 Å². The van der Waals surface area contributed by atoms with Gasteiger partial charge in [0.2, 0.25) is 0 Å². The van der Waals surface area contributed by atoms with Gasteiger partial charge in [0.05, 0.1) is 5.56 Å². The number of alkyl halides is 1. The molecular weight excluding hydrogens is 353 g/mol. The Morgan fingerprint density at radius 2 is 2.18 bits per heavy atom. The van der Waals surface area contributed by atoms with Crippen LogP contribution in [0.2, 0.25) is 0 Å². The van der Waals surface area contributed by atoms with Crippen LogP contribution in [0.4, 0.5) is 4.39 Å². The molecule has 0 bridgehead atoms. The first-order valence-electron chi connectivity index (χ1n) is 5.40. The highest BCUT2D eigenvalue weighted by Gasteiger charge is 2.17. The van der Waals surface area contributed by atoms with E-state index in [1.807, 2.05) is 6.92 Å². The number of amides is 1. The number of hydrogen-bond acceptors (Lipinski definition) is 1. The topological polar surface area (TPSA) is 20.3 Å². The van der Waals surface area contributed by atoms with Gasteiger partial charge in [0, 0.05) is 22.9 Å². The molecule has 0 N–H and O–H groups in total. The van der Waals surface area contributed by atoms with Crippen LogP contribution in [0.15, 0.2) is 22.7 Å². The molecule has 0 aliphatic carbocycles. The van der Waals surface area contributed by atoms with E-state index in [4.69, 9.17) is 0 Å². The average molecular weight is 367 g/mol. The molecule has 0 aliphatic heterocycles. The van der Waals surface area contributed by atoms with Gasteiger partial charge in [0.25, 0.3) is 5.91 Å². The summed E-state index contributed by atoms with van der Waals surface area (Å²) in [4.78, 5) is 13.7. The van der Waals surface area contributed by atoms with Crippen molar-refractivity contribution in [3.05, 3.63) is 34.1 Å². The average Bonchev–Trinajstić information content (AvgIpc) is 2.29. The summed E-state index contributed by atoms with van der Waals surface area (Å²) in [6.07, 6.45) is 0.859. The van der Waals surface area contributed by atoms with E-state index in [0.717, 1.165) is 11.8 Å². The summed E-state index contributed by atoms with van der Waals surface area (Å²) < 4.78 is 14.3. The van der Waals surface area contributed by atoms with Crippen LogP contribution in [-0.4, -0.2) is 29.2 Å². The summed E-state index contributed by atoms with van der Waals surface area (Å²) in [5.74, 6) is -0.736. The molecule has 0 radical (unpaired) electrons. The Kier molecular flexibility index (Phi) is 6.12. The normalized spacial score (nSPS) is 10.4. The zero-order valence-electron chi connectivity index (χ0n) is 9.55. The summed E-state index contributed by atoms with van der Waals surface area (Å²) in [7, 11) is 0. The third-order valence-electron chi connectivity index (χ3n) is 2.39. The van der Waals surface area contributed by atoms with Crippen molar-refractivity contribution in [1.82, 2.24) is 4.90 Å². The molecule has 0 fully saturated rings. The van der Waals surface area contributed by atoms with Crippen LogP contribution < -0.4 is 0 Å². The lowest BCUT2D eigenvalue weighted by atomic mass is 10.2. The number of nitrogens with zero attached hydrogens (tertiary/aromatic N) is 1. The molecule has 0 aliphatic rings. The van der Waals surface area contributed by atoms with E-state index >= 15 is 0 Å². The minimum Gasteiger partial charge on any atom is -0.339 e. The summed E-state index contributed by atoms with van der Waals surface area (Å²) in [6, 6.07) is 4.50. The summed E-state index contributed by atoms with van der Waals surface area (Å²) in [5.41, 5.74) is 0.129. The lowest BCUT2D eigenvalue weighted by Crippen LogP contribution is -2.32. The Labute approximate surface area is 117 Å². The third-order valence-corrected chi connectivity index (χ3v) is 3.45. The molecular formula is C12H14Br2FNO. The molecule has 0 saturated heterocycles. The molecule has 17 heavy (non-hydrogen) atoms. The van der Waals surface area contributed by atoms with Gasteiger partial charge >= 0.3 is 0 Å². The van der Waals surface area contributed by atoms with Crippen molar-refractivity contribution in [3.8, 4) is 0 Å². The number of rotatable bonds is 5. The van der Waals surface area contributed by atoms with Gasteiger partial charge in [-0.3, -0.25) is 4.79 Å². The fourth-order valence-electron chi connectivity index (χ4n) is 1.49. The Hall–Kier alpha value is -0.420. The third kappa shape index (κ3) is 4.07. The number of hydrogen-bond donors (Lipinski definition) is 0. The fourth-order valence-corrected chi connectivity index (χ4v) is 2.07. The van der Waals surface area contributed by atoms with Crippen LogP contribution in [0.3, 0.4) is 0 Å². The molecule has 94 valence electrons. The zero-order chi connectivity index (χ0) is 12.8. The zero-order valence-corrected chi connectivity index (χ0v) is 12.7. The van der Waals surface area contributed by atoms with Gasteiger partial charge in [-0.15, -0.1) is 0 Å². The number of halogens is 3. The number of carbonyl (C=O) groups is 1. The minimum atomic E-state index is -0.485. The highest BCUT2D eigenvalue weighted by atomic mass is 79.9. The molecule has 0 saturated carbocycles. The maximum Gasteiger partial charge on any atom is 0.256 e. The Morgan fingerprint density at radius 1 is 1.47 bits per heavy atom. The lowest BCUT2D eigenvalue weighted by Gasteiger charge is -2.20. The fraction of sp³-hybridized carbons (Fsp3) is 0.417. The monoisotopic (exact) mass is 365 g/mol. The van der Waals surface area contributed by atoms with Crippen LogP contribution in [0.25, 0.3) is 0 Å². The van der Waals surface area contributed by atoms with Gasteiger partial charge in [-0.2, -0.15) is 0 Å². The Balaban J connectivity index is 2.86. The van der Waals surface area contributed by atoms with Crippen LogP contribution in [0, 0.1) is 5.82 Å². The van der Waals surface area contributed by atoms with E-state index in [1.54, 1.807) is 11.0 Å². The van der Waals surface area contributed by atoms with E-state index in [2.05, 4.69) is 31.9 Å². The molecule has 0 aromatic heterocycles. The van der Waals surface area contributed by atoms with Crippen LogP contribution in [0.1, 0.15) is 23.7 Å². The van der Waals surface area contributed by atoms with Gasteiger partial charge in [0.1, 0.15) is 5.82 Å². The van der Waals surface area contributed by atoms with Crippen molar-refractivity contribution < 1.29 is 9.18 Å². The molecule has 0 atom stereocenters. The standard InChI is InChI=1S/C12H14Br2FNO/c1-2-16(7-3-6-13)12(17)10-5-4-9(14)8-11(10)15/h4-5,8H,2-3,6-7H2,1H3. The summed E-state index contributed by atoms with van der Waals surface area (Å²) in [5, 5.41) is 0.833. The molecule has 2 nitrogen and oxygen atoms in total. The van der Waals surface area contributed by atoms with Crippen LogP contribution in [0.5, 0.6) is 0 Å². The summed E-state index contributed by atoms with van der Waals surface area (Å²) in [6.45, 7) is 3.11. The highest BCUT2D eigenvalue weighted by molar-refractivity contribution is 9.10. The van der Waals surface area contributed by atoms with E-state index in [9.17, 15) is 9.18 Å². The Bertz CT molecular complexity index is 398. The molecule has 0 unspecified atom stereocenters. The Morgan fingerprint density at radius 3 is 2.71 bits per heavy atom. The van der Waals surface area contributed by atoms with E-state index in [-0.39, 0.29) is 11.5 Å². The van der Waals surface area contributed by atoms with Gasteiger partial charge in [-0.25, -0.2) is 4.39 Å². The maximum absolute atomic E-state index is 13.6. The first kappa shape index (κ1) is 14.6. The van der Waals surface area contributed by atoms with Gasteiger partial charge in [-0.1, -0.05) is 31.9 Å². The molecule has 1 aromatic carbocycles. The van der Waals surface area contributed by atoms with Crippen molar-refractivity contribution in [2.75, 3.05) is 18.4 Å². The molecule has 1 rings (SSSR count). The van der Waals surface area contributed by atoms with Crippen LogP contribution >= 0.6 is 31.9 Å². The molecule has 0 heterocycles. The second kappa shape index (κ2) is 7.11. The smallest absolute Gasteiger partial charge is 0.256 e. The van der Waals surface area contributed by atoms with Crippen molar-refractivity contribution in [2.45, 2.75) is 13.3 Å². The van der Waals surface area contributed by atoms with Crippen molar-refractivity contribution in [2.24, 2.45) is 0 Å². The van der Waals surface area contributed by atoms with Gasteiger partial charge in [-0.05, 0) is 31.5 Å². The second-order valence-corrected chi connectivity index (χ2v) is 5.26. The number of benzene rings is 1. The SMILES string of the molecule is CCN(CCCBr)C(=O)c1ccc(Br)cc1F.